The second kappa shape index (κ2) is 6.35. The molecular formula is C16H7Cl5O. The van der Waals surface area contributed by atoms with Crippen molar-refractivity contribution in [1.29, 1.82) is 0 Å². The first-order valence-corrected chi connectivity index (χ1v) is 8.06. The van der Waals surface area contributed by atoms with E-state index >= 15 is 0 Å². The van der Waals surface area contributed by atoms with Crippen LogP contribution >= 0.6 is 58.0 Å². The Balaban J connectivity index is 2.18. The van der Waals surface area contributed by atoms with E-state index in [1.807, 2.05) is 42.5 Å². The van der Waals surface area contributed by atoms with Crippen LogP contribution in [0.25, 0.3) is 10.8 Å². The van der Waals surface area contributed by atoms with Gasteiger partial charge in [-0.15, -0.1) is 0 Å². The third-order valence-corrected chi connectivity index (χ3v) is 5.37. The summed E-state index contributed by atoms with van der Waals surface area (Å²) in [5.41, 5.74) is 0. The average molecular weight is 392 g/mol. The molecule has 1 nitrogen and oxygen atoms in total. The molecular weight excluding hydrogens is 385 g/mol. The first kappa shape index (κ1) is 16.0. The van der Waals surface area contributed by atoms with Crippen LogP contribution in [0.4, 0.5) is 0 Å². The van der Waals surface area contributed by atoms with Crippen LogP contribution in [0.1, 0.15) is 0 Å². The van der Waals surface area contributed by atoms with Gasteiger partial charge in [0.15, 0.2) is 5.75 Å². The van der Waals surface area contributed by atoms with E-state index < -0.39 is 0 Å². The molecule has 0 aliphatic carbocycles. The minimum absolute atomic E-state index is 0.101. The fraction of sp³-hybridized carbons (Fsp3) is 0. The highest BCUT2D eigenvalue weighted by molar-refractivity contribution is 6.55. The molecule has 0 N–H and O–H groups in total. The van der Waals surface area contributed by atoms with Crippen LogP contribution in [-0.2, 0) is 0 Å². The first-order chi connectivity index (χ1) is 10.5. The lowest BCUT2D eigenvalue weighted by Crippen LogP contribution is -1.90. The van der Waals surface area contributed by atoms with Gasteiger partial charge in [-0.25, -0.2) is 0 Å². The zero-order valence-corrected chi connectivity index (χ0v) is 14.6. The third-order valence-electron chi connectivity index (χ3n) is 3.13. The first-order valence-electron chi connectivity index (χ1n) is 6.17. The van der Waals surface area contributed by atoms with Crippen molar-refractivity contribution in [2.45, 2.75) is 0 Å². The highest BCUT2D eigenvalue weighted by atomic mass is 35.5. The summed E-state index contributed by atoms with van der Waals surface area (Å²) in [4.78, 5) is 0. The maximum Gasteiger partial charge on any atom is 0.167 e. The summed E-state index contributed by atoms with van der Waals surface area (Å²) >= 11 is 30.5. The molecule has 3 rings (SSSR count). The van der Waals surface area contributed by atoms with Crippen LogP contribution in [0.3, 0.4) is 0 Å². The van der Waals surface area contributed by atoms with Crippen LogP contribution in [-0.4, -0.2) is 0 Å². The van der Waals surface area contributed by atoms with Crippen molar-refractivity contribution < 1.29 is 4.74 Å². The summed E-state index contributed by atoms with van der Waals surface area (Å²) in [5.74, 6) is 0.774. The van der Waals surface area contributed by atoms with E-state index in [9.17, 15) is 0 Å². The Hall–Kier alpha value is -0.830. The topological polar surface area (TPSA) is 9.23 Å². The predicted octanol–water partition coefficient (Wildman–Crippen LogP) is 7.90. The Labute approximate surface area is 152 Å². The molecule has 112 valence electrons. The van der Waals surface area contributed by atoms with Gasteiger partial charge in [0, 0.05) is 5.39 Å². The molecule has 0 saturated heterocycles. The molecule has 0 bridgehead atoms. The van der Waals surface area contributed by atoms with Crippen molar-refractivity contribution >= 4 is 68.8 Å². The summed E-state index contributed by atoms with van der Waals surface area (Å²) in [7, 11) is 0. The minimum atomic E-state index is 0.101. The standard InChI is InChI=1S/C16H7Cl5O/c17-11-12(18)14(20)16(15(21)13(11)19)22-10-7-3-5-8-4-1-2-6-9(8)10/h1-7H. The van der Waals surface area contributed by atoms with Crippen molar-refractivity contribution in [3.05, 3.63) is 67.6 Å². The molecule has 0 aliphatic heterocycles. The molecule has 0 amide bonds. The van der Waals surface area contributed by atoms with Crippen LogP contribution < -0.4 is 4.74 Å². The van der Waals surface area contributed by atoms with Gasteiger partial charge in [-0.2, -0.15) is 0 Å². The molecule has 0 aromatic heterocycles. The zero-order valence-electron chi connectivity index (χ0n) is 10.8. The number of benzene rings is 3. The number of fused-ring (bicyclic) bond motifs is 1. The number of hydrogen-bond acceptors (Lipinski definition) is 1. The van der Waals surface area contributed by atoms with Gasteiger partial charge in [0.2, 0.25) is 0 Å². The molecule has 0 spiro atoms. The fourth-order valence-electron chi connectivity index (χ4n) is 2.07. The molecule has 3 aromatic carbocycles. The van der Waals surface area contributed by atoms with Crippen molar-refractivity contribution in [3.8, 4) is 11.5 Å². The molecule has 0 aliphatic rings. The second-order valence-corrected chi connectivity index (χ2v) is 6.37. The minimum Gasteiger partial charge on any atom is -0.453 e. The maximum atomic E-state index is 6.19. The summed E-state index contributed by atoms with van der Waals surface area (Å²) in [6.07, 6.45) is 0. The van der Waals surface area contributed by atoms with Crippen molar-refractivity contribution in [2.24, 2.45) is 0 Å². The van der Waals surface area contributed by atoms with Gasteiger partial charge in [0.05, 0.1) is 15.1 Å². The van der Waals surface area contributed by atoms with Crippen molar-refractivity contribution in [2.75, 3.05) is 0 Å². The van der Waals surface area contributed by atoms with Crippen LogP contribution in [0.15, 0.2) is 42.5 Å². The molecule has 0 fully saturated rings. The fourth-order valence-corrected chi connectivity index (χ4v) is 3.27. The molecule has 0 atom stereocenters. The molecule has 3 aromatic rings. The summed E-state index contributed by atoms with van der Waals surface area (Å²) in [6.45, 7) is 0. The van der Waals surface area contributed by atoms with Gasteiger partial charge in [-0.3, -0.25) is 0 Å². The lowest BCUT2D eigenvalue weighted by Gasteiger charge is -2.14. The van der Waals surface area contributed by atoms with E-state index in [4.69, 9.17) is 62.7 Å². The van der Waals surface area contributed by atoms with Gasteiger partial charge in [-0.1, -0.05) is 94.4 Å². The van der Waals surface area contributed by atoms with Gasteiger partial charge in [0.1, 0.15) is 15.8 Å². The van der Waals surface area contributed by atoms with E-state index in [-0.39, 0.29) is 30.9 Å². The number of hydrogen-bond donors (Lipinski definition) is 0. The Morgan fingerprint density at radius 3 is 1.82 bits per heavy atom. The quantitative estimate of drug-likeness (QED) is 0.318. The number of halogens is 5. The number of rotatable bonds is 2. The van der Waals surface area contributed by atoms with E-state index in [1.54, 1.807) is 0 Å². The highest BCUT2D eigenvalue weighted by Crippen LogP contribution is 2.49. The predicted molar refractivity (Wildman–Crippen MR) is 95.5 cm³/mol. The van der Waals surface area contributed by atoms with Gasteiger partial charge in [0.25, 0.3) is 0 Å². The molecule has 0 saturated carbocycles. The Morgan fingerprint density at radius 1 is 0.591 bits per heavy atom. The third kappa shape index (κ3) is 2.73. The normalized spacial score (nSPS) is 11.0. The van der Waals surface area contributed by atoms with Crippen molar-refractivity contribution in [3.63, 3.8) is 0 Å². The average Bonchev–Trinajstić information content (AvgIpc) is 2.55. The summed E-state index contributed by atoms with van der Waals surface area (Å²) in [6, 6.07) is 13.4. The lowest BCUT2D eigenvalue weighted by molar-refractivity contribution is 0.489. The highest BCUT2D eigenvalue weighted by Gasteiger charge is 2.21. The van der Waals surface area contributed by atoms with E-state index in [0.29, 0.717) is 5.75 Å². The smallest absolute Gasteiger partial charge is 0.167 e. The molecule has 0 heterocycles. The molecule has 22 heavy (non-hydrogen) atoms. The van der Waals surface area contributed by atoms with Crippen LogP contribution in [0, 0.1) is 0 Å². The van der Waals surface area contributed by atoms with Crippen LogP contribution in [0.5, 0.6) is 11.5 Å². The Kier molecular flexibility index (Phi) is 4.63. The van der Waals surface area contributed by atoms with E-state index in [0.717, 1.165) is 10.8 Å². The zero-order chi connectivity index (χ0) is 15.9. The molecule has 0 unspecified atom stereocenters. The largest absolute Gasteiger partial charge is 0.453 e. The van der Waals surface area contributed by atoms with Gasteiger partial charge < -0.3 is 4.74 Å². The second-order valence-electron chi connectivity index (χ2n) is 4.48. The molecule has 6 heteroatoms. The van der Waals surface area contributed by atoms with Gasteiger partial charge >= 0.3 is 0 Å². The van der Waals surface area contributed by atoms with Crippen molar-refractivity contribution in [1.82, 2.24) is 0 Å². The summed E-state index contributed by atoms with van der Waals surface area (Å²) < 4.78 is 5.88. The maximum absolute atomic E-state index is 6.19. The Morgan fingerprint density at radius 2 is 1.14 bits per heavy atom. The Bertz CT molecular complexity index is 842. The number of ether oxygens (including phenoxy) is 1. The van der Waals surface area contributed by atoms with E-state index in [2.05, 4.69) is 0 Å². The van der Waals surface area contributed by atoms with Crippen LogP contribution in [0.2, 0.25) is 25.1 Å². The van der Waals surface area contributed by atoms with E-state index in [1.165, 1.54) is 0 Å². The lowest BCUT2D eigenvalue weighted by atomic mass is 10.1. The SMILES string of the molecule is Clc1c(Cl)c(Cl)c(Oc2cccc3ccccc23)c(Cl)c1Cl. The monoisotopic (exact) mass is 390 g/mol. The summed E-state index contributed by atoms with van der Waals surface area (Å²) in [5, 5.41) is 2.49. The van der Waals surface area contributed by atoms with Gasteiger partial charge in [-0.05, 0) is 11.5 Å². The molecule has 0 radical (unpaired) electrons.